The van der Waals surface area contributed by atoms with E-state index in [1.807, 2.05) is 31.6 Å². The average molecular weight is 332 g/mol. The first-order chi connectivity index (χ1) is 10.9. The van der Waals surface area contributed by atoms with Crippen LogP contribution in [0, 0.1) is 4.78 Å². The van der Waals surface area contributed by atoms with Crippen LogP contribution in [0.5, 0.6) is 0 Å². The maximum absolute atomic E-state index is 12.1. The number of hydrogen-bond donors (Lipinski definition) is 2. The van der Waals surface area contributed by atoms with E-state index in [2.05, 4.69) is 10.4 Å². The zero-order valence-corrected chi connectivity index (χ0v) is 14.5. The monoisotopic (exact) mass is 332 g/mol. The molecule has 1 aromatic heterocycles. The summed E-state index contributed by atoms with van der Waals surface area (Å²) in [5, 5.41) is 7.89. The summed E-state index contributed by atoms with van der Waals surface area (Å²) in [4.78, 5) is 0.561. The van der Waals surface area contributed by atoms with E-state index in [0.717, 1.165) is 16.8 Å². The molecule has 1 fully saturated rings. The second-order valence-corrected chi connectivity index (χ2v) is 8.59. The van der Waals surface area contributed by atoms with Crippen molar-refractivity contribution in [1.29, 1.82) is 4.78 Å². The first-order valence-corrected chi connectivity index (χ1v) is 10.0. The summed E-state index contributed by atoms with van der Waals surface area (Å²) in [7, 11) is -0.847. The molecule has 0 spiro atoms. The normalized spacial score (nSPS) is 18.5. The van der Waals surface area contributed by atoms with E-state index in [0.29, 0.717) is 10.9 Å². The lowest BCUT2D eigenvalue weighted by Gasteiger charge is -2.25. The molecule has 124 valence electrons. The van der Waals surface area contributed by atoms with Gasteiger partial charge in [-0.25, -0.2) is 8.99 Å². The van der Waals surface area contributed by atoms with E-state index >= 15 is 0 Å². The van der Waals surface area contributed by atoms with Crippen LogP contribution in [-0.4, -0.2) is 26.3 Å². The van der Waals surface area contributed by atoms with E-state index in [1.54, 1.807) is 10.7 Å². The number of anilines is 1. The van der Waals surface area contributed by atoms with Crippen LogP contribution in [0.1, 0.15) is 32.1 Å². The first kappa shape index (κ1) is 16.1. The Balaban J connectivity index is 2.00. The van der Waals surface area contributed by atoms with E-state index < -0.39 is 9.73 Å². The van der Waals surface area contributed by atoms with Gasteiger partial charge < -0.3 is 5.32 Å². The number of nitrogens with zero attached hydrogens (tertiary/aromatic N) is 2. The van der Waals surface area contributed by atoms with Gasteiger partial charge >= 0.3 is 0 Å². The van der Waals surface area contributed by atoms with E-state index in [-0.39, 0.29) is 0 Å². The SMILES string of the molecule is Cn1cc(-c2cc(S(C)(=N)=O)ccc2NC2CCCCC2)cn1. The molecule has 6 heteroatoms. The third kappa shape index (κ3) is 3.75. The number of rotatable bonds is 4. The molecule has 1 heterocycles. The van der Waals surface area contributed by atoms with Gasteiger partial charge in [0.1, 0.15) is 0 Å². The number of nitrogens with one attached hydrogen (secondary N) is 2. The minimum Gasteiger partial charge on any atom is -0.382 e. The van der Waals surface area contributed by atoms with Crippen molar-refractivity contribution in [3.8, 4) is 11.1 Å². The lowest BCUT2D eigenvalue weighted by atomic mass is 9.94. The molecule has 0 bridgehead atoms. The molecule has 1 aliphatic carbocycles. The van der Waals surface area contributed by atoms with Gasteiger partial charge in [-0.1, -0.05) is 19.3 Å². The molecule has 2 N–H and O–H groups in total. The maximum Gasteiger partial charge on any atom is 0.0697 e. The lowest BCUT2D eigenvalue weighted by Crippen LogP contribution is -2.22. The third-order valence-corrected chi connectivity index (χ3v) is 5.57. The van der Waals surface area contributed by atoms with E-state index in [4.69, 9.17) is 4.78 Å². The van der Waals surface area contributed by atoms with Gasteiger partial charge in [-0.3, -0.25) is 4.68 Å². The minimum absolute atomic E-state index is 0.493. The fourth-order valence-electron chi connectivity index (χ4n) is 3.16. The molecule has 0 aliphatic heterocycles. The topological polar surface area (TPSA) is 70.8 Å². The smallest absolute Gasteiger partial charge is 0.0697 e. The molecule has 23 heavy (non-hydrogen) atoms. The summed E-state index contributed by atoms with van der Waals surface area (Å²) in [5.41, 5.74) is 3.00. The number of aryl methyl sites for hydroxylation is 1. The quantitative estimate of drug-likeness (QED) is 0.893. The van der Waals surface area contributed by atoms with Crippen LogP contribution in [0.25, 0.3) is 11.1 Å². The van der Waals surface area contributed by atoms with Gasteiger partial charge in [0, 0.05) is 47.3 Å². The molecule has 3 rings (SSSR count). The van der Waals surface area contributed by atoms with E-state index in [1.165, 1.54) is 38.4 Å². The molecular weight excluding hydrogens is 308 g/mol. The largest absolute Gasteiger partial charge is 0.382 e. The van der Waals surface area contributed by atoms with Gasteiger partial charge in [0.2, 0.25) is 0 Å². The molecule has 1 aromatic carbocycles. The summed E-state index contributed by atoms with van der Waals surface area (Å²) < 4.78 is 21.7. The van der Waals surface area contributed by atoms with Gasteiger partial charge in [-0.2, -0.15) is 5.10 Å². The molecule has 0 radical (unpaired) electrons. The van der Waals surface area contributed by atoms with Crippen molar-refractivity contribution in [3.05, 3.63) is 30.6 Å². The molecule has 1 atom stereocenters. The number of benzene rings is 1. The van der Waals surface area contributed by atoms with Crippen molar-refractivity contribution in [2.45, 2.75) is 43.0 Å². The highest BCUT2D eigenvalue weighted by atomic mass is 32.2. The summed E-state index contributed by atoms with van der Waals surface area (Å²) in [6.07, 6.45) is 11.5. The Labute approximate surface area is 138 Å². The molecule has 1 aliphatic rings. The Hall–Kier alpha value is -1.82. The van der Waals surface area contributed by atoms with Crippen molar-refractivity contribution in [1.82, 2.24) is 9.78 Å². The second-order valence-electron chi connectivity index (χ2n) is 6.43. The van der Waals surface area contributed by atoms with E-state index in [9.17, 15) is 4.21 Å². The number of aromatic nitrogens is 2. The van der Waals surface area contributed by atoms with Crippen LogP contribution >= 0.6 is 0 Å². The Morgan fingerprint density at radius 2 is 2.04 bits per heavy atom. The summed E-state index contributed by atoms with van der Waals surface area (Å²) >= 11 is 0. The highest BCUT2D eigenvalue weighted by Crippen LogP contribution is 2.32. The molecular formula is C17H24N4OS. The first-order valence-electron chi connectivity index (χ1n) is 8.07. The lowest BCUT2D eigenvalue weighted by molar-refractivity contribution is 0.463. The summed E-state index contributed by atoms with van der Waals surface area (Å²) in [6, 6.07) is 6.13. The van der Waals surface area contributed by atoms with Crippen LogP contribution in [0.2, 0.25) is 0 Å². The van der Waals surface area contributed by atoms with Crippen molar-refractivity contribution >= 4 is 15.4 Å². The second kappa shape index (κ2) is 6.35. The van der Waals surface area contributed by atoms with Gasteiger partial charge in [-0.15, -0.1) is 0 Å². The zero-order valence-electron chi connectivity index (χ0n) is 13.7. The molecule has 1 unspecified atom stereocenters. The summed E-state index contributed by atoms with van der Waals surface area (Å²) in [5.74, 6) is 0. The van der Waals surface area contributed by atoms with Crippen LogP contribution < -0.4 is 5.32 Å². The van der Waals surface area contributed by atoms with Crippen molar-refractivity contribution < 1.29 is 4.21 Å². The predicted molar refractivity (Wildman–Crippen MR) is 94.2 cm³/mol. The fraction of sp³-hybridized carbons (Fsp3) is 0.471. The van der Waals surface area contributed by atoms with Crippen molar-refractivity contribution in [2.24, 2.45) is 7.05 Å². The molecule has 0 saturated heterocycles. The van der Waals surface area contributed by atoms with Gasteiger partial charge in [-0.05, 0) is 31.0 Å². The Morgan fingerprint density at radius 1 is 1.30 bits per heavy atom. The minimum atomic E-state index is -2.73. The molecule has 2 aromatic rings. The van der Waals surface area contributed by atoms with Crippen molar-refractivity contribution in [3.63, 3.8) is 0 Å². The van der Waals surface area contributed by atoms with Crippen LogP contribution in [0.3, 0.4) is 0 Å². The highest BCUT2D eigenvalue weighted by Gasteiger charge is 2.17. The number of hydrogen-bond acceptors (Lipinski definition) is 4. The average Bonchev–Trinajstić information content (AvgIpc) is 2.94. The zero-order chi connectivity index (χ0) is 16.4. The maximum atomic E-state index is 12.1. The van der Waals surface area contributed by atoms with Gasteiger partial charge in [0.15, 0.2) is 0 Å². The third-order valence-electron chi connectivity index (χ3n) is 4.42. The fourth-order valence-corrected chi connectivity index (χ4v) is 3.83. The summed E-state index contributed by atoms with van der Waals surface area (Å²) in [6.45, 7) is 0. The Kier molecular flexibility index (Phi) is 4.43. The molecule has 1 saturated carbocycles. The Morgan fingerprint density at radius 3 is 2.65 bits per heavy atom. The molecule has 0 amide bonds. The molecule has 5 nitrogen and oxygen atoms in total. The van der Waals surface area contributed by atoms with Crippen molar-refractivity contribution in [2.75, 3.05) is 11.6 Å². The van der Waals surface area contributed by atoms with Crippen LogP contribution in [0.4, 0.5) is 5.69 Å². The van der Waals surface area contributed by atoms with Crippen LogP contribution in [-0.2, 0) is 16.8 Å². The predicted octanol–water partition coefficient (Wildman–Crippen LogP) is 3.87. The standard InChI is InChI=1S/C17H24N4OS/c1-21-12-13(11-19-21)16-10-15(23(2,18)22)8-9-17(16)20-14-6-4-3-5-7-14/h8-12,14,18,20H,3-7H2,1-2H3. The Bertz CT molecular complexity index is 789. The van der Waals surface area contributed by atoms with Crippen LogP contribution in [0.15, 0.2) is 35.5 Å². The van der Waals surface area contributed by atoms with Gasteiger partial charge in [0.25, 0.3) is 0 Å². The van der Waals surface area contributed by atoms with Gasteiger partial charge in [0.05, 0.1) is 15.9 Å². The highest BCUT2D eigenvalue weighted by molar-refractivity contribution is 7.91.